The molecule has 3 aromatic heterocycles. The second-order valence-electron chi connectivity index (χ2n) is 7.79. The van der Waals surface area contributed by atoms with Crippen LogP contribution in [0, 0.1) is 0 Å². The van der Waals surface area contributed by atoms with Crippen LogP contribution in [0.2, 0.25) is 0 Å². The van der Waals surface area contributed by atoms with Crippen LogP contribution in [-0.2, 0) is 11.3 Å². The summed E-state index contributed by atoms with van der Waals surface area (Å²) in [5.74, 6) is 1.52. The van der Waals surface area contributed by atoms with Gasteiger partial charge in [-0.05, 0) is 38.3 Å². The number of hydrogen-bond acceptors (Lipinski definition) is 7. The van der Waals surface area contributed by atoms with Crippen molar-refractivity contribution >= 4 is 28.8 Å². The van der Waals surface area contributed by atoms with Gasteiger partial charge in [-0.1, -0.05) is 6.07 Å². The van der Waals surface area contributed by atoms with E-state index in [4.69, 9.17) is 4.98 Å². The highest BCUT2D eigenvalue weighted by atomic mass is 16.2. The van der Waals surface area contributed by atoms with Crippen molar-refractivity contribution < 1.29 is 4.79 Å². The minimum Gasteiger partial charge on any atom is -0.368 e. The van der Waals surface area contributed by atoms with Gasteiger partial charge >= 0.3 is 0 Å². The summed E-state index contributed by atoms with van der Waals surface area (Å²) in [5, 5.41) is 6.69. The molecule has 0 aliphatic carbocycles. The highest BCUT2D eigenvalue weighted by Gasteiger charge is 2.19. The van der Waals surface area contributed by atoms with Gasteiger partial charge in [0.15, 0.2) is 17.0 Å². The van der Waals surface area contributed by atoms with Crippen molar-refractivity contribution in [3.05, 3.63) is 36.4 Å². The number of aromatic nitrogens is 5. The van der Waals surface area contributed by atoms with Gasteiger partial charge in [0.05, 0.1) is 6.33 Å². The Morgan fingerprint density at radius 1 is 1.23 bits per heavy atom. The van der Waals surface area contributed by atoms with Gasteiger partial charge in [0.1, 0.15) is 0 Å². The molecule has 158 valence electrons. The molecule has 0 radical (unpaired) electrons. The Labute approximate surface area is 175 Å². The first kappa shape index (κ1) is 20.1. The van der Waals surface area contributed by atoms with E-state index in [1.807, 2.05) is 34.1 Å². The van der Waals surface area contributed by atoms with Crippen LogP contribution in [0.5, 0.6) is 0 Å². The number of fused-ring (bicyclic) bond motifs is 1. The van der Waals surface area contributed by atoms with Crippen LogP contribution in [0.25, 0.3) is 11.2 Å². The first-order valence-electron chi connectivity index (χ1n) is 10.5. The van der Waals surface area contributed by atoms with Crippen LogP contribution < -0.4 is 10.6 Å². The van der Waals surface area contributed by atoms with Crippen molar-refractivity contribution in [3.63, 3.8) is 0 Å². The number of carbonyl (C=O) groups excluding carboxylic acids is 1. The van der Waals surface area contributed by atoms with Crippen molar-refractivity contribution in [3.8, 4) is 0 Å². The molecule has 0 atom stereocenters. The molecule has 4 rings (SSSR count). The first-order valence-corrected chi connectivity index (χ1v) is 10.5. The summed E-state index contributed by atoms with van der Waals surface area (Å²) in [4.78, 5) is 31.8. The molecule has 9 nitrogen and oxygen atoms in total. The van der Waals surface area contributed by atoms with Crippen LogP contribution >= 0.6 is 0 Å². The van der Waals surface area contributed by atoms with E-state index in [-0.39, 0.29) is 11.9 Å². The maximum Gasteiger partial charge on any atom is 0.227 e. The molecule has 0 bridgehead atoms. The lowest BCUT2D eigenvalue weighted by Crippen LogP contribution is -2.27. The summed E-state index contributed by atoms with van der Waals surface area (Å²) in [6.07, 6.45) is 7.90. The SMILES string of the molecule is CC(C)n1cnc2c(NCCCN3CCCC3=O)nc(NCc3cccnc3)nc21. The molecule has 9 heteroatoms. The molecule has 1 fully saturated rings. The summed E-state index contributed by atoms with van der Waals surface area (Å²) >= 11 is 0. The number of hydrogen-bond donors (Lipinski definition) is 2. The van der Waals surface area contributed by atoms with E-state index < -0.39 is 0 Å². The third-order valence-electron chi connectivity index (χ3n) is 5.22. The molecule has 1 aliphatic rings. The lowest BCUT2D eigenvalue weighted by atomic mass is 10.3. The molecule has 4 heterocycles. The van der Waals surface area contributed by atoms with Gasteiger partial charge in [-0.2, -0.15) is 9.97 Å². The Morgan fingerprint density at radius 3 is 2.87 bits per heavy atom. The van der Waals surface area contributed by atoms with E-state index >= 15 is 0 Å². The fourth-order valence-electron chi connectivity index (χ4n) is 3.60. The molecule has 0 saturated carbocycles. The van der Waals surface area contributed by atoms with E-state index in [9.17, 15) is 4.79 Å². The number of nitrogens with zero attached hydrogens (tertiary/aromatic N) is 6. The monoisotopic (exact) mass is 408 g/mol. The van der Waals surface area contributed by atoms with Crippen LogP contribution in [0.15, 0.2) is 30.9 Å². The Balaban J connectivity index is 1.48. The Bertz CT molecular complexity index is 1000. The second-order valence-corrected chi connectivity index (χ2v) is 7.79. The zero-order valence-electron chi connectivity index (χ0n) is 17.5. The van der Waals surface area contributed by atoms with Gasteiger partial charge in [-0.3, -0.25) is 9.78 Å². The topological polar surface area (TPSA) is 101 Å². The van der Waals surface area contributed by atoms with Crippen LogP contribution in [-0.4, -0.2) is 54.9 Å². The number of rotatable bonds is 9. The predicted molar refractivity (Wildman–Crippen MR) is 116 cm³/mol. The van der Waals surface area contributed by atoms with E-state index in [2.05, 4.69) is 39.4 Å². The smallest absolute Gasteiger partial charge is 0.227 e. The number of pyridine rings is 1. The summed E-state index contributed by atoms with van der Waals surface area (Å²) in [6.45, 7) is 7.15. The number of nitrogens with one attached hydrogen (secondary N) is 2. The van der Waals surface area contributed by atoms with E-state index in [0.717, 1.165) is 42.7 Å². The number of carbonyl (C=O) groups is 1. The summed E-state index contributed by atoms with van der Waals surface area (Å²) < 4.78 is 2.04. The summed E-state index contributed by atoms with van der Waals surface area (Å²) in [5.41, 5.74) is 2.61. The van der Waals surface area contributed by atoms with Gasteiger partial charge in [-0.25, -0.2) is 4.98 Å². The summed E-state index contributed by atoms with van der Waals surface area (Å²) in [7, 11) is 0. The Hall–Kier alpha value is -3.23. The minimum atomic E-state index is 0.241. The van der Waals surface area contributed by atoms with Gasteiger partial charge in [0.25, 0.3) is 0 Å². The first-order chi connectivity index (χ1) is 14.6. The fourth-order valence-corrected chi connectivity index (χ4v) is 3.60. The zero-order valence-corrected chi connectivity index (χ0v) is 17.5. The third kappa shape index (κ3) is 4.50. The molecular weight excluding hydrogens is 380 g/mol. The second kappa shape index (κ2) is 9.06. The molecule has 1 amide bonds. The van der Waals surface area contributed by atoms with Crippen LogP contribution in [0.3, 0.4) is 0 Å². The maximum atomic E-state index is 11.8. The molecule has 30 heavy (non-hydrogen) atoms. The average Bonchev–Trinajstić information content (AvgIpc) is 3.36. The minimum absolute atomic E-state index is 0.241. The van der Waals surface area contributed by atoms with Crippen LogP contribution in [0.4, 0.5) is 11.8 Å². The molecule has 1 saturated heterocycles. The largest absolute Gasteiger partial charge is 0.368 e. The van der Waals surface area contributed by atoms with Gasteiger partial charge in [0, 0.05) is 51.0 Å². The normalized spacial score (nSPS) is 14.1. The number of imidazole rings is 1. The van der Waals surface area contributed by atoms with Gasteiger partial charge in [0.2, 0.25) is 11.9 Å². The summed E-state index contributed by atoms with van der Waals surface area (Å²) in [6, 6.07) is 4.16. The van der Waals surface area contributed by atoms with Gasteiger partial charge < -0.3 is 20.1 Å². The van der Waals surface area contributed by atoms with E-state index in [1.165, 1.54) is 0 Å². The fraction of sp³-hybridized carbons (Fsp3) is 0.476. The van der Waals surface area contributed by atoms with E-state index in [1.54, 1.807) is 6.20 Å². The predicted octanol–water partition coefficient (Wildman–Crippen LogP) is 2.84. The molecule has 1 aliphatic heterocycles. The quantitative estimate of drug-likeness (QED) is 0.525. The highest BCUT2D eigenvalue weighted by molar-refractivity contribution is 5.84. The van der Waals surface area contributed by atoms with E-state index in [0.29, 0.717) is 31.3 Å². The van der Waals surface area contributed by atoms with Crippen LogP contribution in [0.1, 0.15) is 44.7 Å². The zero-order chi connectivity index (χ0) is 20.9. The highest BCUT2D eigenvalue weighted by Crippen LogP contribution is 2.23. The molecule has 0 spiro atoms. The lowest BCUT2D eigenvalue weighted by Gasteiger charge is -2.16. The van der Waals surface area contributed by atoms with Crippen molar-refractivity contribution in [2.24, 2.45) is 0 Å². The molecule has 3 aromatic rings. The number of amides is 1. The van der Waals surface area contributed by atoms with Crippen molar-refractivity contribution in [2.45, 2.75) is 45.7 Å². The van der Waals surface area contributed by atoms with Crippen molar-refractivity contribution in [2.75, 3.05) is 30.3 Å². The lowest BCUT2D eigenvalue weighted by molar-refractivity contribution is -0.127. The molecular formula is C21H28N8O. The standard InChI is InChI=1S/C21H28N8O/c1-15(2)29-14-25-18-19(23-9-5-11-28-10-4-7-17(28)30)26-21(27-20(18)29)24-13-16-6-3-8-22-12-16/h3,6,8,12,14-15H,4-5,7,9-11,13H2,1-2H3,(H2,23,24,26,27). The van der Waals surface area contributed by atoms with Crippen molar-refractivity contribution in [1.29, 1.82) is 0 Å². The Kier molecular flexibility index (Phi) is 6.06. The maximum absolute atomic E-state index is 11.8. The molecule has 0 aromatic carbocycles. The molecule has 2 N–H and O–H groups in total. The third-order valence-corrected chi connectivity index (χ3v) is 5.22. The van der Waals surface area contributed by atoms with Gasteiger partial charge in [-0.15, -0.1) is 0 Å². The number of anilines is 2. The average molecular weight is 409 g/mol. The van der Waals surface area contributed by atoms with Crippen molar-refractivity contribution in [1.82, 2.24) is 29.4 Å². The number of likely N-dealkylation sites (tertiary alicyclic amines) is 1. The Morgan fingerprint density at radius 2 is 2.13 bits per heavy atom. The molecule has 0 unspecified atom stereocenters.